The van der Waals surface area contributed by atoms with Gasteiger partial charge in [-0.1, -0.05) is 11.3 Å². The molecule has 2 aromatic heterocycles. The third kappa shape index (κ3) is 1.21. The van der Waals surface area contributed by atoms with Gasteiger partial charge in [0, 0.05) is 7.05 Å². The molecule has 0 radical (unpaired) electrons. The zero-order valence-electron chi connectivity index (χ0n) is 6.93. The van der Waals surface area contributed by atoms with E-state index in [1.54, 1.807) is 23.1 Å². The Kier molecular flexibility index (Phi) is 1.83. The lowest BCUT2D eigenvalue weighted by Gasteiger charge is -1.95. The number of aromatic nitrogens is 3. The van der Waals surface area contributed by atoms with Crippen LogP contribution in [0.25, 0.3) is 10.6 Å². The first-order valence-corrected chi connectivity index (χ1v) is 4.54. The summed E-state index contributed by atoms with van der Waals surface area (Å²) in [5.41, 5.74) is 1.17. The highest BCUT2D eigenvalue weighted by Gasteiger charge is 2.12. The molecule has 0 amide bonds. The van der Waals surface area contributed by atoms with Crippen LogP contribution in [0, 0.1) is 11.3 Å². The van der Waals surface area contributed by atoms with Crippen molar-refractivity contribution in [3.8, 4) is 16.6 Å². The van der Waals surface area contributed by atoms with Crippen LogP contribution in [-0.4, -0.2) is 15.0 Å². The molecule has 2 heterocycles. The molecule has 0 unspecified atom stereocenters. The molecule has 0 aliphatic carbocycles. The summed E-state index contributed by atoms with van der Waals surface area (Å²) in [6.07, 6.45) is 0. The molecule has 2 aromatic rings. The summed E-state index contributed by atoms with van der Waals surface area (Å²) < 4.78 is 1.62. The zero-order chi connectivity index (χ0) is 9.26. The molecule has 0 bridgehead atoms. The molecule has 0 aliphatic rings. The number of rotatable bonds is 1. The van der Waals surface area contributed by atoms with Crippen molar-refractivity contribution in [3.63, 3.8) is 0 Å². The number of nitriles is 1. The summed E-state index contributed by atoms with van der Waals surface area (Å²) in [7, 11) is 1.78. The molecule has 0 aromatic carbocycles. The van der Waals surface area contributed by atoms with Crippen molar-refractivity contribution in [2.24, 2.45) is 7.05 Å². The second-order valence-corrected chi connectivity index (χ2v) is 3.45. The van der Waals surface area contributed by atoms with E-state index in [2.05, 4.69) is 10.3 Å². The minimum Gasteiger partial charge on any atom is -0.245 e. The topological polar surface area (TPSA) is 54.5 Å². The Bertz CT molecular complexity index is 449. The van der Waals surface area contributed by atoms with Gasteiger partial charge in [-0.25, -0.2) is 4.68 Å². The molecule has 13 heavy (non-hydrogen) atoms. The molecule has 0 saturated heterocycles. The van der Waals surface area contributed by atoms with E-state index in [4.69, 9.17) is 5.26 Å². The highest BCUT2D eigenvalue weighted by Crippen LogP contribution is 2.25. The van der Waals surface area contributed by atoms with Crippen LogP contribution in [0.1, 0.15) is 5.69 Å². The number of aryl methyl sites for hydroxylation is 1. The van der Waals surface area contributed by atoms with Crippen LogP contribution in [0.3, 0.4) is 0 Å². The zero-order valence-corrected chi connectivity index (χ0v) is 7.75. The van der Waals surface area contributed by atoms with Crippen molar-refractivity contribution in [2.45, 2.75) is 0 Å². The Labute approximate surface area is 79.0 Å². The summed E-state index contributed by atoms with van der Waals surface area (Å²) in [5, 5.41) is 18.3. The summed E-state index contributed by atoms with van der Waals surface area (Å²) in [6.45, 7) is 0. The van der Waals surface area contributed by atoms with E-state index < -0.39 is 0 Å². The van der Waals surface area contributed by atoms with Gasteiger partial charge < -0.3 is 0 Å². The van der Waals surface area contributed by atoms with Gasteiger partial charge in [0.05, 0.1) is 4.88 Å². The maximum absolute atomic E-state index is 8.77. The predicted molar refractivity (Wildman–Crippen MR) is 49.0 cm³/mol. The Hall–Kier alpha value is -1.67. The number of hydrogen-bond acceptors (Lipinski definition) is 4. The van der Waals surface area contributed by atoms with E-state index in [0.29, 0.717) is 5.69 Å². The second-order valence-electron chi connectivity index (χ2n) is 2.50. The van der Waals surface area contributed by atoms with Gasteiger partial charge in [0.1, 0.15) is 11.8 Å². The quantitative estimate of drug-likeness (QED) is 0.683. The van der Waals surface area contributed by atoms with Gasteiger partial charge >= 0.3 is 0 Å². The van der Waals surface area contributed by atoms with Gasteiger partial charge in [-0.2, -0.15) is 5.26 Å². The van der Waals surface area contributed by atoms with Crippen molar-refractivity contribution < 1.29 is 0 Å². The Morgan fingerprint density at radius 2 is 2.46 bits per heavy atom. The molecular formula is C8H6N4S. The van der Waals surface area contributed by atoms with E-state index in [-0.39, 0.29) is 0 Å². The number of nitrogens with zero attached hydrogens (tertiary/aromatic N) is 4. The van der Waals surface area contributed by atoms with Gasteiger partial charge in [-0.3, -0.25) is 0 Å². The standard InChI is InChI=1S/C8H6N4S/c1-12-8(6(5-9)10-11-12)7-3-2-4-13-7/h2-4H,1H3. The number of thiophene rings is 1. The smallest absolute Gasteiger partial charge is 0.191 e. The van der Waals surface area contributed by atoms with E-state index in [9.17, 15) is 0 Å². The third-order valence-corrected chi connectivity index (χ3v) is 2.56. The Balaban J connectivity index is 2.64. The fraction of sp³-hybridized carbons (Fsp3) is 0.125. The van der Waals surface area contributed by atoms with Crippen molar-refractivity contribution in [1.82, 2.24) is 15.0 Å². The first-order chi connectivity index (χ1) is 6.33. The fourth-order valence-corrected chi connectivity index (χ4v) is 1.92. The summed E-state index contributed by atoms with van der Waals surface area (Å²) in [4.78, 5) is 1.02. The van der Waals surface area contributed by atoms with Gasteiger partial charge in [0.25, 0.3) is 0 Å². The molecular weight excluding hydrogens is 184 g/mol. The molecule has 0 N–H and O–H groups in total. The van der Waals surface area contributed by atoms with Gasteiger partial charge in [-0.05, 0) is 11.4 Å². The lowest BCUT2D eigenvalue weighted by Crippen LogP contribution is -1.92. The van der Waals surface area contributed by atoms with Crippen LogP contribution in [0.4, 0.5) is 0 Å². The van der Waals surface area contributed by atoms with Crippen molar-refractivity contribution >= 4 is 11.3 Å². The van der Waals surface area contributed by atoms with Crippen molar-refractivity contribution in [3.05, 3.63) is 23.2 Å². The SMILES string of the molecule is Cn1nnc(C#N)c1-c1cccs1. The van der Waals surface area contributed by atoms with Crippen LogP contribution < -0.4 is 0 Å². The predicted octanol–water partition coefficient (Wildman–Crippen LogP) is 1.42. The fourth-order valence-electron chi connectivity index (χ4n) is 1.12. The first kappa shape index (κ1) is 7.95. The molecule has 0 atom stereocenters. The van der Waals surface area contributed by atoms with Crippen LogP contribution >= 0.6 is 11.3 Å². The molecule has 0 fully saturated rings. The van der Waals surface area contributed by atoms with Crippen molar-refractivity contribution in [1.29, 1.82) is 5.26 Å². The first-order valence-electron chi connectivity index (χ1n) is 3.66. The summed E-state index contributed by atoms with van der Waals surface area (Å²) >= 11 is 1.57. The molecule has 64 valence electrons. The van der Waals surface area contributed by atoms with Crippen LogP contribution in [0.2, 0.25) is 0 Å². The lowest BCUT2D eigenvalue weighted by molar-refractivity contribution is 0.721. The van der Waals surface area contributed by atoms with E-state index in [1.165, 1.54) is 0 Å². The summed E-state index contributed by atoms with van der Waals surface area (Å²) in [6, 6.07) is 5.90. The Morgan fingerprint density at radius 3 is 3.08 bits per heavy atom. The molecule has 0 spiro atoms. The van der Waals surface area contributed by atoms with Gasteiger partial charge in [0.2, 0.25) is 0 Å². The van der Waals surface area contributed by atoms with Gasteiger partial charge in [-0.15, -0.1) is 16.4 Å². The van der Waals surface area contributed by atoms with Gasteiger partial charge in [0.15, 0.2) is 5.69 Å². The largest absolute Gasteiger partial charge is 0.245 e. The molecule has 4 nitrogen and oxygen atoms in total. The minimum atomic E-state index is 0.380. The highest BCUT2D eigenvalue weighted by molar-refractivity contribution is 7.13. The molecule has 0 saturated carbocycles. The minimum absolute atomic E-state index is 0.380. The maximum atomic E-state index is 8.77. The van der Waals surface area contributed by atoms with Crippen molar-refractivity contribution in [2.75, 3.05) is 0 Å². The molecule has 5 heteroatoms. The third-order valence-electron chi connectivity index (χ3n) is 1.69. The maximum Gasteiger partial charge on any atom is 0.191 e. The van der Waals surface area contributed by atoms with E-state index in [0.717, 1.165) is 10.6 Å². The van der Waals surface area contributed by atoms with Crippen LogP contribution in [-0.2, 0) is 7.05 Å². The average molecular weight is 190 g/mol. The average Bonchev–Trinajstić information content (AvgIpc) is 2.72. The van der Waals surface area contributed by atoms with Crippen LogP contribution in [0.5, 0.6) is 0 Å². The normalized spacial score (nSPS) is 9.85. The highest BCUT2D eigenvalue weighted by atomic mass is 32.1. The second kappa shape index (κ2) is 2.99. The molecule has 2 rings (SSSR count). The number of hydrogen-bond donors (Lipinski definition) is 0. The van der Waals surface area contributed by atoms with E-state index >= 15 is 0 Å². The summed E-state index contributed by atoms with van der Waals surface area (Å²) in [5.74, 6) is 0. The van der Waals surface area contributed by atoms with E-state index in [1.807, 2.05) is 23.6 Å². The monoisotopic (exact) mass is 190 g/mol. The lowest BCUT2D eigenvalue weighted by atomic mass is 10.3. The molecule has 0 aliphatic heterocycles. The van der Waals surface area contributed by atoms with Crippen LogP contribution in [0.15, 0.2) is 17.5 Å². The Morgan fingerprint density at radius 1 is 1.62 bits per heavy atom.